The lowest BCUT2D eigenvalue weighted by atomic mass is 9.97. The van der Waals surface area contributed by atoms with Crippen LogP contribution >= 0.6 is 0 Å². The lowest BCUT2D eigenvalue weighted by Gasteiger charge is -2.47. The molecule has 0 aliphatic carbocycles. The van der Waals surface area contributed by atoms with Gasteiger partial charge in [0.05, 0.1) is 24.3 Å². The molecular weight excluding hydrogens is 333 g/mol. The fourth-order valence-electron chi connectivity index (χ4n) is 3.84. The zero-order chi connectivity index (χ0) is 17.9. The molecule has 0 bridgehead atoms. The maximum Gasteiger partial charge on any atom is 0.255 e. The minimum Gasteiger partial charge on any atom is -0.374 e. The number of carbonyl (C=O) groups is 1. The van der Waals surface area contributed by atoms with Crippen molar-refractivity contribution in [3.63, 3.8) is 0 Å². The number of fused-ring (bicyclic) bond motifs is 1. The van der Waals surface area contributed by atoms with Crippen LogP contribution in [0.15, 0.2) is 48.8 Å². The predicted octanol–water partition coefficient (Wildman–Crippen LogP) is 2.34. The van der Waals surface area contributed by atoms with Gasteiger partial charge < -0.3 is 9.64 Å². The van der Waals surface area contributed by atoms with E-state index in [9.17, 15) is 9.18 Å². The molecule has 136 valence electrons. The third kappa shape index (κ3) is 3.61. The van der Waals surface area contributed by atoms with Crippen molar-refractivity contribution in [2.24, 2.45) is 0 Å². The molecule has 0 radical (unpaired) electrons. The van der Waals surface area contributed by atoms with Gasteiger partial charge in [0.15, 0.2) is 0 Å². The van der Waals surface area contributed by atoms with Crippen molar-refractivity contribution >= 4 is 5.91 Å². The van der Waals surface area contributed by atoms with E-state index < -0.39 is 0 Å². The number of pyridine rings is 1. The number of benzene rings is 1. The van der Waals surface area contributed by atoms with Crippen LogP contribution in [-0.2, 0) is 11.3 Å². The van der Waals surface area contributed by atoms with E-state index >= 15 is 0 Å². The number of aromatic nitrogens is 1. The maximum absolute atomic E-state index is 13.1. The van der Waals surface area contributed by atoms with Crippen molar-refractivity contribution in [1.82, 2.24) is 14.8 Å². The van der Waals surface area contributed by atoms with E-state index in [1.54, 1.807) is 24.5 Å². The average molecular weight is 355 g/mol. The molecule has 2 saturated heterocycles. The van der Waals surface area contributed by atoms with E-state index in [-0.39, 0.29) is 23.9 Å². The number of ether oxygens (including phenoxy) is 1. The van der Waals surface area contributed by atoms with Gasteiger partial charge in [-0.25, -0.2) is 4.39 Å². The largest absolute Gasteiger partial charge is 0.374 e. The Balaban J connectivity index is 1.48. The Morgan fingerprint density at radius 2 is 2.08 bits per heavy atom. The number of hydrogen-bond donors (Lipinski definition) is 0. The average Bonchev–Trinajstić information content (AvgIpc) is 2.69. The molecule has 6 heteroatoms. The quantitative estimate of drug-likeness (QED) is 0.848. The fourth-order valence-corrected chi connectivity index (χ4v) is 3.84. The Kier molecular flexibility index (Phi) is 4.95. The minimum atomic E-state index is -0.221. The highest BCUT2D eigenvalue weighted by molar-refractivity contribution is 5.94. The van der Waals surface area contributed by atoms with E-state index in [0.29, 0.717) is 18.7 Å². The van der Waals surface area contributed by atoms with Crippen LogP contribution in [0.4, 0.5) is 4.39 Å². The molecule has 26 heavy (non-hydrogen) atoms. The first kappa shape index (κ1) is 17.1. The number of rotatable bonds is 3. The van der Waals surface area contributed by atoms with Gasteiger partial charge in [-0.15, -0.1) is 0 Å². The van der Waals surface area contributed by atoms with Crippen molar-refractivity contribution in [1.29, 1.82) is 0 Å². The van der Waals surface area contributed by atoms with E-state index in [0.717, 1.165) is 31.6 Å². The topological polar surface area (TPSA) is 45.7 Å². The maximum atomic E-state index is 13.1. The third-order valence-electron chi connectivity index (χ3n) is 5.16. The molecular formula is C20H22FN3O2. The Morgan fingerprint density at radius 1 is 1.23 bits per heavy atom. The van der Waals surface area contributed by atoms with Crippen LogP contribution in [0.2, 0.25) is 0 Å². The Hall–Kier alpha value is -2.31. The molecule has 3 heterocycles. The second-order valence-corrected chi connectivity index (χ2v) is 6.87. The zero-order valence-electron chi connectivity index (χ0n) is 14.6. The smallest absolute Gasteiger partial charge is 0.255 e. The molecule has 0 saturated carbocycles. The van der Waals surface area contributed by atoms with Gasteiger partial charge in [0, 0.05) is 38.6 Å². The van der Waals surface area contributed by atoms with Gasteiger partial charge in [0.2, 0.25) is 0 Å². The highest BCUT2D eigenvalue weighted by Crippen LogP contribution is 2.25. The first-order valence-electron chi connectivity index (χ1n) is 9.00. The second kappa shape index (κ2) is 7.51. The Bertz CT molecular complexity index is 753. The summed E-state index contributed by atoms with van der Waals surface area (Å²) in [5, 5.41) is 0. The van der Waals surface area contributed by atoms with E-state index in [1.165, 1.54) is 12.1 Å². The molecule has 2 aromatic rings. The molecule has 2 aliphatic heterocycles. The number of hydrogen-bond acceptors (Lipinski definition) is 4. The summed E-state index contributed by atoms with van der Waals surface area (Å²) in [4.78, 5) is 21.2. The molecule has 2 atom stereocenters. The van der Waals surface area contributed by atoms with Crippen molar-refractivity contribution < 1.29 is 13.9 Å². The zero-order valence-corrected chi connectivity index (χ0v) is 14.6. The number of halogens is 1. The van der Waals surface area contributed by atoms with Crippen LogP contribution in [0.1, 0.15) is 22.3 Å². The number of carbonyl (C=O) groups excluding carboxylic acids is 1. The molecule has 5 nitrogen and oxygen atoms in total. The monoisotopic (exact) mass is 355 g/mol. The lowest BCUT2D eigenvalue weighted by molar-refractivity contribution is -0.0914. The van der Waals surface area contributed by atoms with Gasteiger partial charge in [0.25, 0.3) is 5.91 Å². The van der Waals surface area contributed by atoms with E-state index in [2.05, 4.69) is 9.88 Å². The van der Waals surface area contributed by atoms with Crippen molar-refractivity contribution in [3.8, 4) is 0 Å². The summed E-state index contributed by atoms with van der Waals surface area (Å²) in [6, 6.07) is 10.2. The molecule has 1 amide bonds. The summed E-state index contributed by atoms with van der Waals surface area (Å²) < 4.78 is 19.0. The van der Waals surface area contributed by atoms with Gasteiger partial charge in [-0.05, 0) is 36.2 Å². The predicted molar refractivity (Wildman–Crippen MR) is 95.1 cm³/mol. The first-order chi connectivity index (χ1) is 12.7. The van der Waals surface area contributed by atoms with Gasteiger partial charge in [-0.3, -0.25) is 14.7 Å². The summed E-state index contributed by atoms with van der Waals surface area (Å²) in [5.41, 5.74) is 1.69. The van der Waals surface area contributed by atoms with Crippen LogP contribution in [0.25, 0.3) is 0 Å². The lowest BCUT2D eigenvalue weighted by Crippen LogP contribution is -2.61. The molecule has 1 aromatic heterocycles. The molecule has 0 N–H and O–H groups in total. The first-order valence-corrected chi connectivity index (χ1v) is 9.00. The van der Waals surface area contributed by atoms with Crippen LogP contribution in [0.5, 0.6) is 0 Å². The second-order valence-electron chi connectivity index (χ2n) is 6.87. The van der Waals surface area contributed by atoms with Crippen molar-refractivity contribution in [2.45, 2.75) is 25.1 Å². The number of nitrogens with zero attached hydrogens (tertiary/aromatic N) is 3. The van der Waals surface area contributed by atoms with Crippen molar-refractivity contribution in [2.75, 3.05) is 26.2 Å². The summed E-state index contributed by atoms with van der Waals surface area (Å²) in [5.74, 6) is -0.207. The standard InChI is InChI=1S/C20H22FN3O2/c21-17-5-3-15(4-6-17)13-23-9-7-19-18(14-23)24(10-11-26-19)20(25)16-2-1-8-22-12-16/h1-6,8,12,18-19H,7,9-11,13-14H2/t18-,19-/m0/s1. The minimum absolute atomic E-state index is 0.0139. The number of amides is 1. The number of piperidine rings is 1. The highest BCUT2D eigenvalue weighted by Gasteiger charge is 2.39. The molecule has 1 aromatic carbocycles. The molecule has 0 unspecified atom stereocenters. The Morgan fingerprint density at radius 3 is 2.85 bits per heavy atom. The van der Waals surface area contributed by atoms with Crippen molar-refractivity contribution in [3.05, 3.63) is 65.7 Å². The van der Waals surface area contributed by atoms with Gasteiger partial charge in [0.1, 0.15) is 5.82 Å². The van der Waals surface area contributed by atoms with Crippen LogP contribution in [0.3, 0.4) is 0 Å². The Labute approximate surface area is 152 Å². The number of likely N-dealkylation sites (tertiary alicyclic amines) is 1. The summed E-state index contributed by atoms with van der Waals surface area (Å²) in [6.07, 6.45) is 4.26. The van der Waals surface area contributed by atoms with E-state index in [1.807, 2.05) is 17.0 Å². The highest BCUT2D eigenvalue weighted by atomic mass is 19.1. The van der Waals surface area contributed by atoms with Crippen LogP contribution < -0.4 is 0 Å². The molecule has 0 spiro atoms. The fraction of sp³-hybridized carbons (Fsp3) is 0.400. The SMILES string of the molecule is O=C(c1cccnc1)N1CCO[C@H]2CCN(Cc3ccc(F)cc3)C[C@@H]21. The molecule has 2 aliphatic rings. The number of morpholine rings is 1. The van der Waals surface area contributed by atoms with Crippen LogP contribution in [-0.4, -0.2) is 59.1 Å². The van der Waals surface area contributed by atoms with Crippen LogP contribution in [0, 0.1) is 5.82 Å². The third-order valence-corrected chi connectivity index (χ3v) is 5.16. The molecule has 2 fully saturated rings. The summed E-state index contributed by atoms with van der Waals surface area (Å²) in [7, 11) is 0. The normalized spacial score (nSPS) is 23.5. The van der Waals surface area contributed by atoms with Gasteiger partial charge >= 0.3 is 0 Å². The summed E-state index contributed by atoms with van der Waals surface area (Å²) in [6.45, 7) is 3.59. The van der Waals surface area contributed by atoms with Gasteiger partial charge in [-0.2, -0.15) is 0 Å². The van der Waals surface area contributed by atoms with E-state index in [4.69, 9.17) is 4.74 Å². The van der Waals surface area contributed by atoms with Gasteiger partial charge in [-0.1, -0.05) is 12.1 Å². The molecule has 4 rings (SSSR count). The summed E-state index contributed by atoms with van der Waals surface area (Å²) >= 11 is 0.